The van der Waals surface area contributed by atoms with Crippen molar-refractivity contribution in [3.8, 4) is 22.6 Å². The van der Waals surface area contributed by atoms with Gasteiger partial charge in [0.15, 0.2) is 0 Å². The van der Waals surface area contributed by atoms with Crippen LogP contribution in [-0.4, -0.2) is 34.9 Å². The molecule has 31 heavy (non-hydrogen) atoms. The SMILES string of the molecule is COc1cc(OC(F)(F)F)ccc1-c1cccc(C(Cc2nnc(C)o2)NC(=O)O)c1. The van der Waals surface area contributed by atoms with Crippen molar-refractivity contribution >= 4 is 6.09 Å². The lowest BCUT2D eigenvalue weighted by atomic mass is 9.97. The van der Waals surface area contributed by atoms with Gasteiger partial charge in [0, 0.05) is 18.6 Å². The van der Waals surface area contributed by atoms with Gasteiger partial charge in [0.25, 0.3) is 0 Å². The van der Waals surface area contributed by atoms with Crippen molar-refractivity contribution < 1.29 is 37.0 Å². The van der Waals surface area contributed by atoms with E-state index in [1.807, 2.05) is 0 Å². The van der Waals surface area contributed by atoms with E-state index in [1.165, 1.54) is 19.2 Å². The molecule has 1 unspecified atom stereocenters. The van der Waals surface area contributed by atoms with Crippen LogP contribution >= 0.6 is 0 Å². The predicted molar refractivity (Wildman–Crippen MR) is 102 cm³/mol. The topological polar surface area (TPSA) is 107 Å². The zero-order chi connectivity index (χ0) is 22.6. The lowest BCUT2D eigenvalue weighted by Crippen LogP contribution is -2.28. The molecule has 0 spiro atoms. The van der Waals surface area contributed by atoms with Crippen molar-refractivity contribution in [1.29, 1.82) is 0 Å². The molecule has 3 rings (SSSR count). The van der Waals surface area contributed by atoms with Gasteiger partial charge < -0.3 is 24.3 Å². The zero-order valence-electron chi connectivity index (χ0n) is 16.4. The van der Waals surface area contributed by atoms with Gasteiger partial charge in [-0.3, -0.25) is 0 Å². The first-order valence-corrected chi connectivity index (χ1v) is 8.97. The van der Waals surface area contributed by atoms with Crippen molar-refractivity contribution in [1.82, 2.24) is 15.5 Å². The average molecular weight is 437 g/mol. The summed E-state index contributed by atoms with van der Waals surface area (Å²) in [6, 6.07) is 9.86. The molecule has 0 fully saturated rings. The van der Waals surface area contributed by atoms with Crippen molar-refractivity contribution in [3.05, 3.63) is 59.8 Å². The quantitative estimate of drug-likeness (QED) is 0.560. The highest BCUT2D eigenvalue weighted by atomic mass is 19.4. The summed E-state index contributed by atoms with van der Waals surface area (Å²) in [6.07, 6.45) is -5.95. The monoisotopic (exact) mass is 437 g/mol. The number of aryl methyl sites for hydroxylation is 1. The van der Waals surface area contributed by atoms with Gasteiger partial charge in [0.1, 0.15) is 11.5 Å². The molecular weight excluding hydrogens is 419 g/mol. The van der Waals surface area contributed by atoms with Crippen LogP contribution in [0.2, 0.25) is 0 Å². The number of nitrogens with one attached hydrogen (secondary N) is 1. The third-order valence-corrected chi connectivity index (χ3v) is 4.25. The van der Waals surface area contributed by atoms with E-state index >= 15 is 0 Å². The number of hydrogen-bond acceptors (Lipinski definition) is 6. The Kier molecular flexibility index (Phi) is 6.33. The second kappa shape index (κ2) is 8.94. The van der Waals surface area contributed by atoms with Gasteiger partial charge in [0.05, 0.1) is 19.6 Å². The standard InChI is InChI=1S/C20H18F3N3O5/c1-11-25-26-18(30-11)10-16(24-19(27)28)13-5-3-4-12(8-13)15-7-6-14(9-17(15)29-2)31-20(21,22)23/h3-9,16,24H,10H2,1-2H3,(H,27,28). The Morgan fingerprint density at radius 2 is 2.00 bits per heavy atom. The molecular formula is C20H18F3N3O5. The first kappa shape index (κ1) is 21.9. The number of rotatable bonds is 7. The summed E-state index contributed by atoms with van der Waals surface area (Å²) in [5, 5.41) is 19.2. The van der Waals surface area contributed by atoms with Crippen LogP contribution in [0.25, 0.3) is 11.1 Å². The predicted octanol–water partition coefficient (Wildman–Crippen LogP) is 4.50. The van der Waals surface area contributed by atoms with Gasteiger partial charge in [-0.05, 0) is 29.3 Å². The van der Waals surface area contributed by atoms with Gasteiger partial charge in [-0.25, -0.2) is 4.79 Å². The maximum absolute atomic E-state index is 12.5. The molecule has 0 saturated carbocycles. The van der Waals surface area contributed by atoms with Crippen molar-refractivity contribution in [2.24, 2.45) is 0 Å². The summed E-state index contributed by atoms with van der Waals surface area (Å²) < 4.78 is 52.0. The number of benzene rings is 2. The molecule has 0 radical (unpaired) electrons. The van der Waals surface area contributed by atoms with E-state index in [-0.39, 0.29) is 18.1 Å². The minimum atomic E-state index is -4.82. The Morgan fingerprint density at radius 1 is 1.23 bits per heavy atom. The molecule has 1 amide bonds. The van der Waals surface area contributed by atoms with Crippen molar-refractivity contribution in [3.63, 3.8) is 0 Å². The summed E-state index contributed by atoms with van der Waals surface area (Å²) in [6.45, 7) is 1.62. The van der Waals surface area contributed by atoms with Crippen LogP contribution < -0.4 is 14.8 Å². The van der Waals surface area contributed by atoms with Crippen molar-refractivity contribution in [2.75, 3.05) is 7.11 Å². The maximum Gasteiger partial charge on any atom is 0.573 e. The van der Waals surface area contributed by atoms with Crippen LogP contribution in [0, 0.1) is 6.92 Å². The molecule has 1 heterocycles. The highest BCUT2D eigenvalue weighted by Gasteiger charge is 2.31. The summed E-state index contributed by atoms with van der Waals surface area (Å²) in [4.78, 5) is 11.3. The van der Waals surface area contributed by atoms with Crippen LogP contribution in [0.15, 0.2) is 46.9 Å². The van der Waals surface area contributed by atoms with E-state index in [2.05, 4.69) is 20.3 Å². The minimum absolute atomic E-state index is 0.117. The van der Waals surface area contributed by atoms with Gasteiger partial charge in [0.2, 0.25) is 11.8 Å². The van der Waals surface area contributed by atoms with Gasteiger partial charge >= 0.3 is 12.5 Å². The Morgan fingerprint density at radius 3 is 2.61 bits per heavy atom. The smallest absolute Gasteiger partial charge is 0.496 e. The molecule has 1 aromatic heterocycles. The van der Waals surface area contributed by atoms with E-state index in [0.29, 0.717) is 22.6 Å². The van der Waals surface area contributed by atoms with Crippen molar-refractivity contribution in [2.45, 2.75) is 25.7 Å². The lowest BCUT2D eigenvalue weighted by Gasteiger charge is -2.18. The van der Waals surface area contributed by atoms with E-state index in [4.69, 9.17) is 9.15 Å². The number of ether oxygens (including phenoxy) is 2. The number of halogens is 3. The lowest BCUT2D eigenvalue weighted by molar-refractivity contribution is -0.274. The fourth-order valence-corrected chi connectivity index (χ4v) is 3.03. The Balaban J connectivity index is 1.94. The summed E-state index contributed by atoms with van der Waals surface area (Å²) in [5.74, 6) is 0.354. The van der Waals surface area contributed by atoms with E-state index in [9.17, 15) is 23.1 Å². The highest BCUT2D eigenvalue weighted by molar-refractivity contribution is 5.72. The Hall–Kier alpha value is -3.76. The van der Waals surface area contributed by atoms with Crippen LogP contribution in [-0.2, 0) is 6.42 Å². The molecule has 11 heteroatoms. The molecule has 0 aliphatic rings. The first-order chi connectivity index (χ1) is 14.6. The normalized spacial score (nSPS) is 12.3. The molecule has 164 valence electrons. The fourth-order valence-electron chi connectivity index (χ4n) is 3.03. The molecule has 8 nitrogen and oxygen atoms in total. The summed E-state index contributed by atoms with van der Waals surface area (Å²) >= 11 is 0. The number of hydrogen-bond donors (Lipinski definition) is 2. The summed E-state index contributed by atoms with van der Waals surface area (Å²) in [7, 11) is 1.33. The zero-order valence-corrected chi connectivity index (χ0v) is 16.4. The number of carbonyl (C=O) groups is 1. The van der Waals surface area contributed by atoms with Crippen LogP contribution in [0.1, 0.15) is 23.4 Å². The summed E-state index contributed by atoms with van der Waals surface area (Å²) in [5.41, 5.74) is 1.70. The number of alkyl halides is 3. The van der Waals surface area contributed by atoms with E-state index in [1.54, 1.807) is 31.2 Å². The number of aromatic nitrogens is 2. The minimum Gasteiger partial charge on any atom is -0.496 e. The van der Waals surface area contributed by atoms with Gasteiger partial charge in [-0.15, -0.1) is 23.4 Å². The van der Waals surface area contributed by atoms with Crippen LogP contribution in [0.5, 0.6) is 11.5 Å². The fraction of sp³-hybridized carbons (Fsp3) is 0.250. The highest BCUT2D eigenvalue weighted by Crippen LogP contribution is 2.36. The average Bonchev–Trinajstić information content (AvgIpc) is 3.10. The molecule has 0 aliphatic carbocycles. The molecule has 0 aliphatic heterocycles. The molecule has 0 saturated heterocycles. The number of methoxy groups -OCH3 is 1. The number of carboxylic acid groups (broad SMARTS) is 1. The third kappa shape index (κ3) is 5.87. The third-order valence-electron chi connectivity index (χ3n) is 4.25. The molecule has 1 atom stereocenters. The second-order valence-corrected chi connectivity index (χ2v) is 6.46. The van der Waals surface area contributed by atoms with E-state index < -0.39 is 24.2 Å². The molecule has 2 N–H and O–H groups in total. The molecule has 0 bridgehead atoms. The Bertz CT molecular complexity index is 1070. The van der Waals surface area contributed by atoms with E-state index in [0.717, 1.165) is 6.07 Å². The first-order valence-electron chi connectivity index (χ1n) is 8.97. The van der Waals surface area contributed by atoms with Gasteiger partial charge in [-0.1, -0.05) is 18.2 Å². The number of nitrogens with zero attached hydrogens (tertiary/aromatic N) is 2. The Labute approximate surface area is 174 Å². The number of amides is 1. The molecule has 3 aromatic rings. The second-order valence-electron chi connectivity index (χ2n) is 6.46. The largest absolute Gasteiger partial charge is 0.573 e. The van der Waals surface area contributed by atoms with Crippen LogP contribution in [0.4, 0.5) is 18.0 Å². The maximum atomic E-state index is 12.5. The van der Waals surface area contributed by atoms with Gasteiger partial charge in [-0.2, -0.15) is 0 Å². The van der Waals surface area contributed by atoms with Crippen LogP contribution in [0.3, 0.4) is 0 Å². The molecule has 2 aromatic carbocycles.